The van der Waals surface area contributed by atoms with Crippen LogP contribution in [0.25, 0.3) is 0 Å². The number of nitrogens with zero attached hydrogens (tertiary/aromatic N) is 2. The first-order chi connectivity index (χ1) is 14.8. The normalized spacial score (nSPS) is 12.7. The van der Waals surface area contributed by atoms with Crippen molar-refractivity contribution < 1.29 is 17.9 Å². The van der Waals surface area contributed by atoms with Gasteiger partial charge in [0.05, 0.1) is 24.2 Å². The van der Waals surface area contributed by atoms with Gasteiger partial charge in [-0.25, -0.2) is 13.4 Å². The Balaban J connectivity index is 1.76. The average molecular weight is 461 g/mol. The van der Waals surface area contributed by atoms with Crippen LogP contribution in [0, 0.1) is 6.92 Å². The van der Waals surface area contributed by atoms with E-state index in [4.69, 9.17) is 9.47 Å². The lowest BCUT2D eigenvalue weighted by Gasteiger charge is -2.27. The number of aryl methyl sites for hydroxylation is 1. The molecule has 31 heavy (non-hydrogen) atoms. The zero-order valence-corrected chi connectivity index (χ0v) is 19.9. The summed E-state index contributed by atoms with van der Waals surface area (Å²) in [6, 6.07) is 14.1. The minimum Gasteiger partial charge on any atom is -0.497 e. The van der Waals surface area contributed by atoms with E-state index in [1.54, 1.807) is 31.4 Å². The van der Waals surface area contributed by atoms with Crippen LogP contribution in [0.2, 0.25) is 0 Å². The van der Waals surface area contributed by atoms with Crippen LogP contribution >= 0.6 is 11.3 Å². The third-order valence-corrected chi connectivity index (χ3v) is 7.96. The second kappa shape index (κ2) is 10.3. The van der Waals surface area contributed by atoms with E-state index in [1.807, 2.05) is 50.4 Å². The fourth-order valence-corrected chi connectivity index (χ4v) is 5.44. The summed E-state index contributed by atoms with van der Waals surface area (Å²) in [6.07, 6.45) is 0.697. The van der Waals surface area contributed by atoms with E-state index in [1.165, 1.54) is 15.6 Å². The Morgan fingerprint density at radius 3 is 2.48 bits per heavy atom. The first-order valence-corrected chi connectivity index (χ1v) is 12.4. The molecule has 0 spiro atoms. The van der Waals surface area contributed by atoms with Gasteiger partial charge in [-0.1, -0.05) is 25.1 Å². The van der Waals surface area contributed by atoms with Gasteiger partial charge in [0.2, 0.25) is 10.0 Å². The molecule has 0 radical (unpaired) electrons. The molecule has 0 unspecified atom stereocenters. The van der Waals surface area contributed by atoms with Crippen molar-refractivity contribution in [3.8, 4) is 11.5 Å². The average Bonchev–Trinajstić information content (AvgIpc) is 3.24. The molecule has 1 atom stereocenters. The Bertz CT molecular complexity index is 1090. The van der Waals surface area contributed by atoms with Gasteiger partial charge in [0.1, 0.15) is 23.1 Å². The van der Waals surface area contributed by atoms with E-state index in [-0.39, 0.29) is 17.5 Å². The largest absolute Gasteiger partial charge is 0.497 e. The molecule has 0 aliphatic heterocycles. The zero-order valence-electron chi connectivity index (χ0n) is 18.2. The second-order valence-electron chi connectivity index (χ2n) is 7.27. The smallest absolute Gasteiger partial charge is 0.243 e. The van der Waals surface area contributed by atoms with Gasteiger partial charge in [-0.05, 0) is 56.2 Å². The van der Waals surface area contributed by atoms with E-state index in [0.29, 0.717) is 24.5 Å². The molecule has 0 aliphatic carbocycles. The lowest BCUT2D eigenvalue weighted by molar-refractivity contribution is 0.301. The summed E-state index contributed by atoms with van der Waals surface area (Å²) < 4.78 is 39.2. The maximum atomic E-state index is 13.3. The quantitative estimate of drug-likeness (QED) is 0.424. The Hall–Kier alpha value is -2.42. The molecule has 0 aliphatic rings. The number of benzene rings is 2. The number of thiazole rings is 1. The number of aromatic nitrogens is 1. The van der Waals surface area contributed by atoms with E-state index >= 15 is 0 Å². The van der Waals surface area contributed by atoms with Gasteiger partial charge in [0, 0.05) is 11.4 Å². The first-order valence-electron chi connectivity index (χ1n) is 10.1. The van der Waals surface area contributed by atoms with Gasteiger partial charge in [-0.15, -0.1) is 11.3 Å². The molecule has 1 aromatic heterocycles. The maximum Gasteiger partial charge on any atom is 0.243 e. The van der Waals surface area contributed by atoms with Crippen LogP contribution in [0.3, 0.4) is 0 Å². The van der Waals surface area contributed by atoms with Crippen LogP contribution in [-0.2, 0) is 23.2 Å². The number of methoxy groups -OCH3 is 1. The Morgan fingerprint density at radius 2 is 1.84 bits per heavy atom. The van der Waals surface area contributed by atoms with Crippen LogP contribution in [-0.4, -0.2) is 30.9 Å². The summed E-state index contributed by atoms with van der Waals surface area (Å²) in [5, 5.41) is 2.71. The van der Waals surface area contributed by atoms with Crippen molar-refractivity contribution in [3.05, 3.63) is 70.2 Å². The highest BCUT2D eigenvalue weighted by Crippen LogP contribution is 2.25. The van der Waals surface area contributed by atoms with Crippen molar-refractivity contribution in [1.82, 2.24) is 9.29 Å². The number of sulfonamides is 1. The SMILES string of the molecule is CC[C@H](C)N(Cc1csc(COc2ccccc2C)n1)S(=O)(=O)c1ccc(OC)cc1. The zero-order chi connectivity index (χ0) is 22.4. The predicted molar refractivity (Wildman–Crippen MR) is 123 cm³/mol. The minimum absolute atomic E-state index is 0.166. The number of hydrogen-bond acceptors (Lipinski definition) is 6. The number of hydrogen-bond donors (Lipinski definition) is 0. The van der Waals surface area contributed by atoms with Crippen molar-refractivity contribution in [2.45, 2.75) is 51.3 Å². The molecule has 2 aromatic carbocycles. The van der Waals surface area contributed by atoms with Crippen molar-refractivity contribution in [3.63, 3.8) is 0 Å². The Kier molecular flexibility index (Phi) is 7.69. The van der Waals surface area contributed by atoms with Gasteiger partial charge in [0.15, 0.2) is 0 Å². The van der Waals surface area contributed by atoms with E-state index < -0.39 is 10.0 Å². The van der Waals surface area contributed by atoms with Gasteiger partial charge in [-0.3, -0.25) is 0 Å². The molecule has 0 fully saturated rings. The summed E-state index contributed by atoms with van der Waals surface area (Å²) in [6.45, 7) is 6.45. The highest BCUT2D eigenvalue weighted by Gasteiger charge is 2.29. The molecule has 6 nitrogen and oxygen atoms in total. The fraction of sp³-hybridized carbons (Fsp3) is 0.348. The van der Waals surface area contributed by atoms with Crippen molar-refractivity contribution in [2.24, 2.45) is 0 Å². The predicted octanol–water partition coefficient (Wildman–Crippen LogP) is 5.03. The molecule has 166 valence electrons. The fourth-order valence-electron chi connectivity index (χ4n) is 3.07. The molecule has 0 N–H and O–H groups in total. The van der Waals surface area contributed by atoms with Crippen molar-refractivity contribution >= 4 is 21.4 Å². The molecule has 0 amide bonds. The molecule has 0 bridgehead atoms. The maximum absolute atomic E-state index is 13.3. The number of rotatable bonds is 10. The third kappa shape index (κ3) is 5.64. The summed E-state index contributed by atoms with van der Waals surface area (Å²) in [5.74, 6) is 1.44. The molecule has 3 aromatic rings. The van der Waals surface area contributed by atoms with E-state index in [0.717, 1.165) is 16.3 Å². The summed E-state index contributed by atoms with van der Waals surface area (Å²) in [5.41, 5.74) is 1.78. The second-order valence-corrected chi connectivity index (χ2v) is 10.1. The molecular formula is C23H28N2O4S2. The standard InChI is InChI=1S/C23H28N2O4S2/c1-5-18(3)25(31(26,27)21-12-10-20(28-4)11-13-21)14-19-16-30-23(24-19)15-29-22-9-7-6-8-17(22)2/h6-13,16,18H,5,14-15H2,1-4H3/t18-/m0/s1. The first kappa shape index (κ1) is 23.2. The Morgan fingerprint density at radius 1 is 1.13 bits per heavy atom. The molecule has 0 saturated heterocycles. The van der Waals surface area contributed by atoms with Crippen molar-refractivity contribution in [2.75, 3.05) is 7.11 Å². The molecule has 3 rings (SSSR count). The summed E-state index contributed by atoms with van der Waals surface area (Å²) in [7, 11) is -2.12. The molecule has 1 heterocycles. The third-order valence-electron chi connectivity index (χ3n) is 5.11. The molecule has 0 saturated carbocycles. The Labute approximate surface area is 188 Å². The summed E-state index contributed by atoms with van der Waals surface area (Å²) in [4.78, 5) is 4.86. The molecule has 8 heteroatoms. The molecular weight excluding hydrogens is 432 g/mol. The van der Waals surface area contributed by atoms with Crippen LogP contribution in [0.1, 0.15) is 36.5 Å². The minimum atomic E-state index is -3.68. The van der Waals surface area contributed by atoms with Gasteiger partial charge >= 0.3 is 0 Å². The van der Waals surface area contributed by atoms with Crippen LogP contribution < -0.4 is 9.47 Å². The van der Waals surface area contributed by atoms with Crippen LogP contribution in [0.5, 0.6) is 11.5 Å². The van der Waals surface area contributed by atoms with Gasteiger partial charge in [0.25, 0.3) is 0 Å². The lowest BCUT2D eigenvalue weighted by atomic mass is 10.2. The van der Waals surface area contributed by atoms with Gasteiger partial charge < -0.3 is 9.47 Å². The number of para-hydroxylation sites is 1. The lowest BCUT2D eigenvalue weighted by Crippen LogP contribution is -2.37. The highest BCUT2D eigenvalue weighted by atomic mass is 32.2. The van der Waals surface area contributed by atoms with Gasteiger partial charge in [-0.2, -0.15) is 4.31 Å². The number of ether oxygens (including phenoxy) is 2. The summed E-state index contributed by atoms with van der Waals surface area (Å²) >= 11 is 1.47. The van der Waals surface area contributed by atoms with E-state index in [2.05, 4.69) is 4.98 Å². The van der Waals surface area contributed by atoms with Crippen molar-refractivity contribution in [1.29, 1.82) is 0 Å². The monoisotopic (exact) mass is 460 g/mol. The highest BCUT2D eigenvalue weighted by molar-refractivity contribution is 7.89. The topological polar surface area (TPSA) is 68.7 Å². The van der Waals surface area contributed by atoms with E-state index in [9.17, 15) is 8.42 Å². The van der Waals surface area contributed by atoms with Crippen LogP contribution in [0.4, 0.5) is 0 Å². The van der Waals surface area contributed by atoms with Crippen LogP contribution in [0.15, 0.2) is 58.8 Å².